The number of rotatable bonds is 2. The second-order valence-electron chi connectivity index (χ2n) is 3.99. The predicted octanol–water partition coefficient (Wildman–Crippen LogP) is 1.33. The molecule has 0 aliphatic carbocycles. The van der Waals surface area contributed by atoms with E-state index < -0.39 is 21.4 Å². The zero-order chi connectivity index (χ0) is 13.5. The molecule has 0 aromatic carbocycles. The normalized spacial score (nSPS) is 20.2. The first kappa shape index (κ1) is 13.0. The van der Waals surface area contributed by atoms with Gasteiger partial charge in [0.1, 0.15) is 16.3 Å². The van der Waals surface area contributed by atoms with E-state index in [-0.39, 0.29) is 13.0 Å². The number of halogens is 1. The van der Waals surface area contributed by atoms with Gasteiger partial charge in [0.25, 0.3) is 0 Å². The molecule has 8 heteroatoms. The molecule has 1 amide bonds. The Balaban J connectivity index is 2.36. The second kappa shape index (κ2) is 4.33. The molecule has 0 spiro atoms. The minimum Gasteiger partial charge on any atom is -0.301 e. The molecule has 2 heterocycles. The van der Waals surface area contributed by atoms with E-state index in [4.69, 9.17) is 5.26 Å². The van der Waals surface area contributed by atoms with Crippen LogP contribution in [0.25, 0.3) is 0 Å². The first-order valence-corrected chi connectivity index (χ1v) is 7.33. The Bertz CT molecular complexity index is 645. The minimum absolute atomic E-state index is 0.230. The van der Waals surface area contributed by atoms with Gasteiger partial charge < -0.3 is 4.90 Å². The third-order valence-electron chi connectivity index (χ3n) is 2.69. The van der Waals surface area contributed by atoms with Crippen LogP contribution in [0.15, 0.2) is 6.07 Å². The summed E-state index contributed by atoms with van der Waals surface area (Å²) in [5.41, 5.74) is 0.308. The van der Waals surface area contributed by atoms with Gasteiger partial charge in [0, 0.05) is 17.8 Å². The fraction of sp³-hybridized carbons (Fsp3) is 0.400. The standard InChI is InChI=1S/C10H9FN2O3S2/c1-6-2-7(4-12)10(17-6)13-5-8(3-9(13)14)18(11,15)16/h2,8H,3,5H2,1H3. The minimum atomic E-state index is -4.73. The highest BCUT2D eigenvalue weighted by molar-refractivity contribution is 7.87. The molecule has 0 N–H and O–H groups in total. The number of thiophene rings is 1. The maximum Gasteiger partial charge on any atom is 0.307 e. The number of nitriles is 1. The van der Waals surface area contributed by atoms with Crippen molar-refractivity contribution in [1.29, 1.82) is 5.26 Å². The molecule has 0 radical (unpaired) electrons. The van der Waals surface area contributed by atoms with Crippen molar-refractivity contribution in [3.8, 4) is 6.07 Å². The van der Waals surface area contributed by atoms with Gasteiger partial charge in [0.2, 0.25) is 5.91 Å². The van der Waals surface area contributed by atoms with Gasteiger partial charge in [-0.05, 0) is 13.0 Å². The Kier molecular flexibility index (Phi) is 3.12. The lowest BCUT2D eigenvalue weighted by atomic mass is 10.3. The first-order chi connectivity index (χ1) is 8.32. The summed E-state index contributed by atoms with van der Waals surface area (Å²) >= 11 is 1.22. The summed E-state index contributed by atoms with van der Waals surface area (Å²) in [7, 11) is -4.73. The number of anilines is 1. The van der Waals surface area contributed by atoms with Crippen LogP contribution in [0.2, 0.25) is 0 Å². The molecule has 96 valence electrons. The Hall–Kier alpha value is -1.46. The van der Waals surface area contributed by atoms with Crippen molar-refractivity contribution < 1.29 is 17.1 Å². The molecule has 1 aromatic rings. The molecular formula is C10H9FN2O3S2. The van der Waals surface area contributed by atoms with Crippen LogP contribution in [0.4, 0.5) is 8.89 Å². The van der Waals surface area contributed by atoms with E-state index in [1.54, 1.807) is 13.0 Å². The molecule has 1 fully saturated rings. The van der Waals surface area contributed by atoms with Crippen LogP contribution >= 0.6 is 11.3 Å². The quantitative estimate of drug-likeness (QED) is 0.769. The molecule has 0 bridgehead atoms. The van der Waals surface area contributed by atoms with E-state index >= 15 is 0 Å². The Labute approximate surface area is 108 Å². The fourth-order valence-electron chi connectivity index (χ4n) is 1.84. The number of aryl methyl sites for hydroxylation is 1. The maximum atomic E-state index is 12.9. The van der Waals surface area contributed by atoms with Crippen LogP contribution < -0.4 is 4.90 Å². The Morgan fingerprint density at radius 1 is 1.61 bits per heavy atom. The van der Waals surface area contributed by atoms with Crippen molar-refractivity contribution >= 4 is 32.5 Å². The summed E-state index contributed by atoms with van der Waals surface area (Å²) in [5.74, 6) is -0.473. The molecule has 1 aliphatic rings. The first-order valence-electron chi connectivity index (χ1n) is 5.07. The molecule has 18 heavy (non-hydrogen) atoms. The topological polar surface area (TPSA) is 78.2 Å². The molecule has 1 saturated heterocycles. The zero-order valence-corrected chi connectivity index (χ0v) is 11.0. The van der Waals surface area contributed by atoms with Gasteiger partial charge in [-0.1, -0.05) is 0 Å². The molecule has 1 aliphatic heterocycles. The van der Waals surface area contributed by atoms with E-state index in [1.807, 2.05) is 6.07 Å². The second-order valence-corrected chi connectivity index (χ2v) is 6.85. The van der Waals surface area contributed by atoms with Gasteiger partial charge in [-0.15, -0.1) is 15.2 Å². The van der Waals surface area contributed by atoms with Crippen LogP contribution in [-0.4, -0.2) is 26.1 Å². The zero-order valence-electron chi connectivity index (χ0n) is 9.38. The van der Waals surface area contributed by atoms with Crippen molar-refractivity contribution in [2.45, 2.75) is 18.6 Å². The van der Waals surface area contributed by atoms with Crippen LogP contribution in [0, 0.1) is 18.3 Å². The van der Waals surface area contributed by atoms with Crippen LogP contribution in [0.5, 0.6) is 0 Å². The van der Waals surface area contributed by atoms with Crippen molar-refractivity contribution in [3.05, 3.63) is 16.5 Å². The molecule has 1 atom stereocenters. The van der Waals surface area contributed by atoms with Crippen molar-refractivity contribution in [3.63, 3.8) is 0 Å². The number of carbonyl (C=O) groups is 1. The summed E-state index contributed by atoms with van der Waals surface area (Å²) in [5, 5.41) is 7.99. The number of nitrogens with zero attached hydrogens (tertiary/aromatic N) is 2. The SMILES string of the molecule is Cc1cc(C#N)c(N2CC(S(=O)(=O)F)CC2=O)s1. The molecule has 0 saturated carbocycles. The number of amides is 1. The lowest BCUT2D eigenvalue weighted by molar-refractivity contribution is -0.117. The van der Waals surface area contributed by atoms with Crippen molar-refractivity contribution in [2.24, 2.45) is 0 Å². The van der Waals surface area contributed by atoms with Crippen molar-refractivity contribution in [1.82, 2.24) is 0 Å². The number of hydrogen-bond donors (Lipinski definition) is 0. The molecule has 1 unspecified atom stereocenters. The van der Waals surface area contributed by atoms with E-state index in [9.17, 15) is 17.1 Å². The Morgan fingerprint density at radius 2 is 2.28 bits per heavy atom. The van der Waals surface area contributed by atoms with Crippen LogP contribution in [-0.2, 0) is 15.0 Å². The monoisotopic (exact) mass is 288 g/mol. The highest BCUT2D eigenvalue weighted by Crippen LogP contribution is 2.34. The van der Waals surface area contributed by atoms with Crippen molar-refractivity contribution in [2.75, 3.05) is 11.4 Å². The van der Waals surface area contributed by atoms with Crippen LogP contribution in [0.1, 0.15) is 16.9 Å². The highest BCUT2D eigenvalue weighted by atomic mass is 32.3. The fourth-order valence-corrected chi connectivity index (χ4v) is 3.49. The van der Waals surface area contributed by atoms with Gasteiger partial charge in [-0.3, -0.25) is 4.79 Å². The summed E-state index contributed by atoms with van der Waals surface area (Å²) in [6, 6.07) is 3.56. The summed E-state index contributed by atoms with van der Waals surface area (Å²) in [4.78, 5) is 13.7. The van der Waals surface area contributed by atoms with E-state index in [2.05, 4.69) is 0 Å². The van der Waals surface area contributed by atoms with E-state index in [1.165, 1.54) is 16.2 Å². The summed E-state index contributed by atoms with van der Waals surface area (Å²) in [6.45, 7) is 1.55. The van der Waals surface area contributed by atoms with E-state index in [0.717, 1.165) is 4.88 Å². The number of hydrogen-bond acceptors (Lipinski definition) is 5. The highest BCUT2D eigenvalue weighted by Gasteiger charge is 2.40. The van der Waals surface area contributed by atoms with Gasteiger partial charge in [0.05, 0.1) is 5.56 Å². The average Bonchev–Trinajstić information content (AvgIpc) is 2.80. The Morgan fingerprint density at radius 3 is 2.78 bits per heavy atom. The summed E-state index contributed by atoms with van der Waals surface area (Å²) in [6.07, 6.45) is -0.374. The molecule has 5 nitrogen and oxygen atoms in total. The lowest BCUT2D eigenvalue weighted by Crippen LogP contribution is -2.26. The molecule has 1 aromatic heterocycles. The largest absolute Gasteiger partial charge is 0.307 e. The van der Waals surface area contributed by atoms with Gasteiger partial charge in [-0.2, -0.15) is 13.7 Å². The van der Waals surface area contributed by atoms with Gasteiger partial charge >= 0.3 is 10.2 Å². The molecule has 2 rings (SSSR count). The maximum absolute atomic E-state index is 12.9. The summed E-state index contributed by atoms with van der Waals surface area (Å²) < 4.78 is 34.5. The lowest BCUT2D eigenvalue weighted by Gasteiger charge is -2.13. The predicted molar refractivity (Wildman–Crippen MR) is 64.6 cm³/mol. The van der Waals surface area contributed by atoms with E-state index in [0.29, 0.717) is 10.6 Å². The smallest absolute Gasteiger partial charge is 0.301 e. The van der Waals surface area contributed by atoms with Gasteiger partial charge in [0.15, 0.2) is 0 Å². The van der Waals surface area contributed by atoms with Gasteiger partial charge in [-0.25, -0.2) is 0 Å². The molecular weight excluding hydrogens is 279 g/mol. The number of carbonyl (C=O) groups excluding carboxylic acids is 1. The third-order valence-corrected chi connectivity index (χ3v) is 4.87. The van der Waals surface area contributed by atoms with Crippen LogP contribution in [0.3, 0.4) is 0 Å². The average molecular weight is 288 g/mol. The third kappa shape index (κ3) is 2.23.